The normalized spacial score (nSPS) is 10.5. The highest BCUT2D eigenvalue weighted by Crippen LogP contribution is 2.19. The summed E-state index contributed by atoms with van der Waals surface area (Å²) >= 11 is 0. The Morgan fingerprint density at radius 2 is 1.75 bits per heavy atom. The third-order valence-electron chi connectivity index (χ3n) is 4.30. The lowest BCUT2D eigenvalue weighted by Crippen LogP contribution is -2.34. The summed E-state index contributed by atoms with van der Waals surface area (Å²) in [6.45, 7) is 2.90. The van der Waals surface area contributed by atoms with E-state index in [4.69, 9.17) is 4.74 Å². The first-order valence-corrected chi connectivity index (χ1v) is 9.16. The van der Waals surface area contributed by atoms with Crippen LogP contribution in [0.1, 0.15) is 12.5 Å². The summed E-state index contributed by atoms with van der Waals surface area (Å²) in [4.78, 5) is 26.3. The van der Waals surface area contributed by atoms with Crippen molar-refractivity contribution in [1.29, 1.82) is 0 Å². The van der Waals surface area contributed by atoms with Gasteiger partial charge in [-0.15, -0.1) is 0 Å². The summed E-state index contributed by atoms with van der Waals surface area (Å²) in [5.41, 5.74) is 2.20. The molecule has 0 atom stereocenters. The standard InChI is InChI=1S/C22H23N3O3/c1-3-28-19-11-9-18(10-12-19)20-13-14-21(26)25(23-20)16-22(27)24(2)15-17-7-5-4-6-8-17/h4-14H,3,15-16H2,1-2H3. The zero-order valence-corrected chi connectivity index (χ0v) is 16.0. The molecule has 3 aromatic rings. The number of ether oxygens (including phenoxy) is 1. The molecule has 0 saturated carbocycles. The SMILES string of the molecule is CCOc1ccc(-c2ccc(=O)n(CC(=O)N(C)Cc3ccccc3)n2)cc1. The molecule has 0 aliphatic rings. The Hall–Kier alpha value is -3.41. The van der Waals surface area contributed by atoms with Gasteiger partial charge in [-0.25, -0.2) is 4.68 Å². The van der Waals surface area contributed by atoms with Crippen molar-refractivity contribution in [1.82, 2.24) is 14.7 Å². The molecule has 0 aliphatic heterocycles. The monoisotopic (exact) mass is 377 g/mol. The Kier molecular flexibility index (Phi) is 6.22. The number of nitrogens with zero attached hydrogens (tertiary/aromatic N) is 3. The van der Waals surface area contributed by atoms with Crippen LogP contribution in [0.2, 0.25) is 0 Å². The fourth-order valence-electron chi connectivity index (χ4n) is 2.80. The van der Waals surface area contributed by atoms with Crippen LogP contribution in [-0.4, -0.2) is 34.2 Å². The molecule has 0 spiro atoms. The second kappa shape index (κ2) is 8.99. The van der Waals surface area contributed by atoms with E-state index in [-0.39, 0.29) is 18.0 Å². The maximum Gasteiger partial charge on any atom is 0.267 e. The molecule has 3 rings (SSSR count). The van der Waals surface area contributed by atoms with Crippen molar-refractivity contribution in [3.05, 3.63) is 82.6 Å². The molecule has 0 fully saturated rings. The number of carbonyl (C=O) groups excluding carboxylic acids is 1. The van der Waals surface area contributed by atoms with Crippen LogP contribution < -0.4 is 10.3 Å². The fraction of sp³-hybridized carbons (Fsp3) is 0.227. The molecule has 0 aliphatic carbocycles. The zero-order valence-electron chi connectivity index (χ0n) is 16.0. The van der Waals surface area contributed by atoms with E-state index >= 15 is 0 Å². The van der Waals surface area contributed by atoms with Gasteiger partial charge in [-0.1, -0.05) is 30.3 Å². The molecule has 0 unspecified atom stereocenters. The maximum atomic E-state index is 12.5. The molecular formula is C22H23N3O3. The highest BCUT2D eigenvalue weighted by molar-refractivity contribution is 5.75. The number of aromatic nitrogens is 2. The molecule has 6 nitrogen and oxygen atoms in total. The largest absolute Gasteiger partial charge is 0.494 e. The van der Waals surface area contributed by atoms with Crippen molar-refractivity contribution in [2.45, 2.75) is 20.0 Å². The molecule has 0 radical (unpaired) electrons. The summed E-state index contributed by atoms with van der Waals surface area (Å²) in [5, 5.41) is 4.36. The van der Waals surface area contributed by atoms with Crippen molar-refractivity contribution < 1.29 is 9.53 Å². The molecule has 28 heavy (non-hydrogen) atoms. The summed E-state index contributed by atoms with van der Waals surface area (Å²) in [6, 6.07) is 20.3. The van der Waals surface area contributed by atoms with Crippen LogP contribution in [-0.2, 0) is 17.9 Å². The van der Waals surface area contributed by atoms with Crippen LogP contribution in [0, 0.1) is 0 Å². The topological polar surface area (TPSA) is 64.4 Å². The van der Waals surface area contributed by atoms with Crippen molar-refractivity contribution in [2.24, 2.45) is 0 Å². The molecule has 1 amide bonds. The lowest BCUT2D eigenvalue weighted by Gasteiger charge is -2.17. The number of amides is 1. The second-order valence-electron chi connectivity index (χ2n) is 6.41. The molecule has 0 saturated heterocycles. The first-order chi connectivity index (χ1) is 13.6. The second-order valence-corrected chi connectivity index (χ2v) is 6.41. The van der Waals surface area contributed by atoms with Gasteiger partial charge < -0.3 is 9.64 Å². The van der Waals surface area contributed by atoms with Crippen molar-refractivity contribution >= 4 is 5.91 Å². The molecule has 0 bridgehead atoms. The van der Waals surface area contributed by atoms with Gasteiger partial charge >= 0.3 is 0 Å². The third kappa shape index (κ3) is 4.85. The highest BCUT2D eigenvalue weighted by Gasteiger charge is 2.13. The number of hydrogen-bond donors (Lipinski definition) is 0. The zero-order chi connectivity index (χ0) is 19.9. The van der Waals surface area contributed by atoms with Gasteiger partial charge in [0, 0.05) is 25.2 Å². The van der Waals surface area contributed by atoms with E-state index in [1.165, 1.54) is 10.7 Å². The van der Waals surface area contributed by atoms with Crippen LogP contribution in [0.15, 0.2) is 71.5 Å². The summed E-state index contributed by atoms with van der Waals surface area (Å²) in [6.07, 6.45) is 0. The Morgan fingerprint density at radius 1 is 1.04 bits per heavy atom. The van der Waals surface area contributed by atoms with Crippen LogP contribution in [0.25, 0.3) is 11.3 Å². The van der Waals surface area contributed by atoms with E-state index in [0.717, 1.165) is 16.9 Å². The van der Waals surface area contributed by atoms with Gasteiger partial charge in [0.25, 0.3) is 5.56 Å². The number of likely N-dealkylation sites (N-methyl/N-ethyl adjacent to an activating group) is 1. The first kappa shape index (κ1) is 19.4. The van der Waals surface area contributed by atoms with E-state index in [1.807, 2.05) is 61.5 Å². The average molecular weight is 377 g/mol. The molecule has 1 aromatic heterocycles. The number of rotatable bonds is 7. The third-order valence-corrected chi connectivity index (χ3v) is 4.30. The number of carbonyl (C=O) groups is 1. The van der Waals surface area contributed by atoms with Crippen LogP contribution >= 0.6 is 0 Å². The maximum absolute atomic E-state index is 12.5. The van der Waals surface area contributed by atoms with Gasteiger partial charge in [0.1, 0.15) is 12.3 Å². The van der Waals surface area contributed by atoms with E-state index in [0.29, 0.717) is 18.8 Å². The van der Waals surface area contributed by atoms with Crippen molar-refractivity contribution in [2.75, 3.05) is 13.7 Å². The Balaban J connectivity index is 1.74. The quantitative estimate of drug-likeness (QED) is 0.635. The minimum Gasteiger partial charge on any atom is -0.494 e. The molecular weight excluding hydrogens is 354 g/mol. The van der Waals surface area contributed by atoms with Crippen LogP contribution in [0.3, 0.4) is 0 Å². The van der Waals surface area contributed by atoms with Gasteiger partial charge in [-0.3, -0.25) is 9.59 Å². The van der Waals surface area contributed by atoms with Gasteiger partial charge in [0.05, 0.1) is 12.3 Å². The van der Waals surface area contributed by atoms with Crippen molar-refractivity contribution in [3.8, 4) is 17.0 Å². The Morgan fingerprint density at radius 3 is 2.43 bits per heavy atom. The van der Waals surface area contributed by atoms with Crippen LogP contribution in [0.4, 0.5) is 0 Å². The predicted molar refractivity (Wildman–Crippen MR) is 108 cm³/mol. The van der Waals surface area contributed by atoms with E-state index < -0.39 is 0 Å². The van der Waals surface area contributed by atoms with E-state index in [1.54, 1.807) is 18.0 Å². The van der Waals surface area contributed by atoms with Crippen molar-refractivity contribution in [3.63, 3.8) is 0 Å². The van der Waals surface area contributed by atoms with E-state index in [2.05, 4.69) is 5.10 Å². The Labute approximate surface area is 164 Å². The average Bonchev–Trinajstić information content (AvgIpc) is 2.71. The smallest absolute Gasteiger partial charge is 0.267 e. The predicted octanol–water partition coefficient (Wildman–Crippen LogP) is 2.97. The molecule has 2 aromatic carbocycles. The molecule has 144 valence electrons. The molecule has 1 heterocycles. The lowest BCUT2D eigenvalue weighted by molar-refractivity contribution is -0.131. The highest BCUT2D eigenvalue weighted by atomic mass is 16.5. The number of benzene rings is 2. The molecule has 6 heteroatoms. The lowest BCUT2D eigenvalue weighted by atomic mass is 10.1. The van der Waals surface area contributed by atoms with Gasteiger partial charge in [0.2, 0.25) is 5.91 Å². The minimum absolute atomic E-state index is 0.104. The first-order valence-electron chi connectivity index (χ1n) is 9.16. The van der Waals surface area contributed by atoms with E-state index in [9.17, 15) is 9.59 Å². The minimum atomic E-state index is -0.309. The molecule has 0 N–H and O–H groups in total. The fourth-order valence-corrected chi connectivity index (χ4v) is 2.80. The van der Waals surface area contributed by atoms with Gasteiger partial charge in [-0.05, 0) is 42.8 Å². The van der Waals surface area contributed by atoms with Gasteiger partial charge in [0.15, 0.2) is 0 Å². The van der Waals surface area contributed by atoms with Gasteiger partial charge in [-0.2, -0.15) is 5.10 Å². The summed E-state index contributed by atoms with van der Waals surface area (Å²) in [7, 11) is 1.72. The Bertz CT molecular complexity index is 982. The summed E-state index contributed by atoms with van der Waals surface area (Å²) in [5.74, 6) is 0.597. The summed E-state index contributed by atoms with van der Waals surface area (Å²) < 4.78 is 6.65. The van der Waals surface area contributed by atoms with Crippen LogP contribution in [0.5, 0.6) is 5.75 Å². The number of hydrogen-bond acceptors (Lipinski definition) is 4.